The second-order valence-corrected chi connectivity index (χ2v) is 5.89. The van der Waals surface area contributed by atoms with Crippen LogP contribution in [0.25, 0.3) is 5.69 Å². The standard InChI is InChI=1S/C14H17N5O2/c20-8-14(9-21)11-6-18(7-12(11)14)13-15-16-17-19(13)10-4-2-1-3-5-10/h1-5,11-12,20-21H,6-9H2. The fourth-order valence-corrected chi connectivity index (χ4v) is 3.64. The highest BCUT2D eigenvalue weighted by atomic mass is 16.3. The summed E-state index contributed by atoms with van der Waals surface area (Å²) in [6, 6.07) is 9.77. The lowest BCUT2D eigenvalue weighted by Crippen LogP contribution is -2.33. The Morgan fingerprint density at radius 3 is 2.38 bits per heavy atom. The van der Waals surface area contributed by atoms with E-state index >= 15 is 0 Å². The zero-order valence-corrected chi connectivity index (χ0v) is 11.5. The van der Waals surface area contributed by atoms with Crippen molar-refractivity contribution in [3.63, 3.8) is 0 Å². The van der Waals surface area contributed by atoms with Gasteiger partial charge < -0.3 is 15.1 Å². The smallest absolute Gasteiger partial charge is 0.250 e. The third kappa shape index (κ3) is 1.71. The minimum absolute atomic E-state index is 0.0519. The number of hydrogen-bond acceptors (Lipinski definition) is 6. The first-order chi connectivity index (χ1) is 10.3. The molecule has 0 spiro atoms. The molecule has 2 aliphatic rings. The molecule has 0 radical (unpaired) electrons. The first kappa shape index (κ1) is 12.7. The van der Waals surface area contributed by atoms with Crippen molar-refractivity contribution in [3.05, 3.63) is 30.3 Å². The van der Waals surface area contributed by atoms with Gasteiger partial charge in [0.15, 0.2) is 0 Å². The largest absolute Gasteiger partial charge is 0.396 e. The molecule has 110 valence electrons. The zero-order valence-electron chi connectivity index (χ0n) is 11.5. The highest BCUT2D eigenvalue weighted by molar-refractivity contribution is 5.43. The van der Waals surface area contributed by atoms with Crippen LogP contribution in [0.3, 0.4) is 0 Å². The topological polar surface area (TPSA) is 87.3 Å². The lowest BCUT2D eigenvalue weighted by Gasteiger charge is -2.24. The van der Waals surface area contributed by atoms with E-state index in [4.69, 9.17) is 0 Å². The minimum atomic E-state index is -0.290. The molecule has 1 saturated carbocycles. The molecule has 2 atom stereocenters. The second-order valence-electron chi connectivity index (χ2n) is 5.89. The fourth-order valence-electron chi connectivity index (χ4n) is 3.64. The number of benzene rings is 1. The SMILES string of the molecule is OCC1(CO)C2CN(c3nnnn3-c3ccccc3)CC21. The number of hydrogen-bond donors (Lipinski definition) is 2. The van der Waals surface area contributed by atoms with E-state index in [-0.39, 0.29) is 18.6 Å². The maximum Gasteiger partial charge on any atom is 0.250 e. The van der Waals surface area contributed by atoms with Crippen molar-refractivity contribution in [1.82, 2.24) is 20.2 Å². The average Bonchev–Trinajstić information content (AvgIpc) is 2.97. The van der Waals surface area contributed by atoms with Crippen LogP contribution in [0.1, 0.15) is 0 Å². The van der Waals surface area contributed by atoms with Crippen LogP contribution in [0.2, 0.25) is 0 Å². The predicted octanol–water partition coefficient (Wildman–Crippen LogP) is -0.301. The van der Waals surface area contributed by atoms with Gasteiger partial charge in [-0.05, 0) is 34.4 Å². The van der Waals surface area contributed by atoms with Gasteiger partial charge >= 0.3 is 0 Å². The lowest BCUT2D eigenvalue weighted by atomic mass is 10.0. The van der Waals surface area contributed by atoms with Gasteiger partial charge in [0.2, 0.25) is 5.95 Å². The highest BCUT2D eigenvalue weighted by Crippen LogP contribution is 2.62. The average molecular weight is 287 g/mol. The minimum Gasteiger partial charge on any atom is -0.396 e. The maximum absolute atomic E-state index is 9.49. The van der Waals surface area contributed by atoms with Crippen molar-refractivity contribution in [1.29, 1.82) is 0 Å². The molecule has 0 bridgehead atoms. The fraction of sp³-hybridized carbons (Fsp3) is 0.500. The van der Waals surface area contributed by atoms with Crippen LogP contribution >= 0.6 is 0 Å². The third-order valence-electron chi connectivity index (χ3n) is 5.01. The summed E-state index contributed by atoms with van der Waals surface area (Å²) in [6.07, 6.45) is 0. The summed E-state index contributed by atoms with van der Waals surface area (Å²) in [5.74, 6) is 1.38. The summed E-state index contributed by atoms with van der Waals surface area (Å²) < 4.78 is 1.73. The number of aliphatic hydroxyl groups excluding tert-OH is 2. The first-order valence-electron chi connectivity index (χ1n) is 7.10. The first-order valence-corrected chi connectivity index (χ1v) is 7.10. The van der Waals surface area contributed by atoms with E-state index in [1.807, 2.05) is 30.3 Å². The Kier molecular flexibility index (Phi) is 2.73. The van der Waals surface area contributed by atoms with E-state index in [9.17, 15) is 10.2 Å². The molecule has 2 heterocycles. The molecule has 4 rings (SSSR count). The van der Waals surface area contributed by atoms with Gasteiger partial charge in [-0.3, -0.25) is 0 Å². The van der Waals surface area contributed by atoms with Crippen LogP contribution in [0, 0.1) is 17.3 Å². The summed E-state index contributed by atoms with van der Waals surface area (Å²) in [5, 5.41) is 31.0. The molecule has 1 aliphatic heterocycles. The molecule has 2 aromatic rings. The molecular weight excluding hydrogens is 270 g/mol. The Bertz CT molecular complexity index is 626. The van der Waals surface area contributed by atoms with Crippen LogP contribution < -0.4 is 4.90 Å². The van der Waals surface area contributed by atoms with Gasteiger partial charge in [0.1, 0.15) is 0 Å². The summed E-state index contributed by atoms with van der Waals surface area (Å²) in [4.78, 5) is 2.13. The normalized spacial score (nSPS) is 25.9. The number of anilines is 1. The van der Waals surface area contributed by atoms with Crippen molar-refractivity contribution in [2.75, 3.05) is 31.2 Å². The van der Waals surface area contributed by atoms with Crippen LogP contribution in [-0.2, 0) is 0 Å². The molecule has 1 aliphatic carbocycles. The number of tetrazole rings is 1. The maximum atomic E-state index is 9.49. The van der Waals surface area contributed by atoms with E-state index in [0.717, 1.165) is 24.7 Å². The Morgan fingerprint density at radius 2 is 1.76 bits per heavy atom. The van der Waals surface area contributed by atoms with Gasteiger partial charge in [0.25, 0.3) is 0 Å². The van der Waals surface area contributed by atoms with E-state index in [1.54, 1.807) is 4.68 Å². The molecule has 21 heavy (non-hydrogen) atoms. The molecular formula is C14H17N5O2. The van der Waals surface area contributed by atoms with E-state index in [0.29, 0.717) is 11.8 Å². The molecule has 1 saturated heterocycles. The van der Waals surface area contributed by atoms with Gasteiger partial charge in [-0.2, -0.15) is 4.68 Å². The predicted molar refractivity (Wildman–Crippen MR) is 75.0 cm³/mol. The number of para-hydroxylation sites is 1. The van der Waals surface area contributed by atoms with Gasteiger partial charge in [-0.25, -0.2) is 0 Å². The van der Waals surface area contributed by atoms with Crippen LogP contribution in [-0.4, -0.2) is 56.7 Å². The Labute approximate surface area is 121 Å². The number of rotatable bonds is 4. The molecule has 7 heteroatoms. The Morgan fingerprint density at radius 1 is 1.10 bits per heavy atom. The molecule has 2 unspecified atom stereocenters. The Balaban J connectivity index is 1.57. The number of aromatic nitrogens is 4. The number of aliphatic hydroxyl groups is 2. The number of fused-ring (bicyclic) bond motifs is 1. The molecule has 2 N–H and O–H groups in total. The van der Waals surface area contributed by atoms with E-state index in [2.05, 4.69) is 20.4 Å². The summed E-state index contributed by atoms with van der Waals surface area (Å²) in [6.45, 7) is 1.66. The van der Waals surface area contributed by atoms with Crippen LogP contribution in [0.5, 0.6) is 0 Å². The van der Waals surface area contributed by atoms with Crippen molar-refractivity contribution in [2.45, 2.75) is 0 Å². The molecule has 2 fully saturated rings. The van der Waals surface area contributed by atoms with Gasteiger partial charge in [-0.1, -0.05) is 23.3 Å². The molecule has 1 aromatic heterocycles. The third-order valence-corrected chi connectivity index (χ3v) is 5.01. The van der Waals surface area contributed by atoms with Gasteiger partial charge in [0, 0.05) is 18.5 Å². The monoisotopic (exact) mass is 287 g/mol. The molecule has 7 nitrogen and oxygen atoms in total. The molecule has 1 aromatic carbocycles. The van der Waals surface area contributed by atoms with Crippen LogP contribution in [0.4, 0.5) is 5.95 Å². The van der Waals surface area contributed by atoms with Gasteiger partial charge in [-0.15, -0.1) is 0 Å². The summed E-state index contributed by atoms with van der Waals surface area (Å²) >= 11 is 0. The van der Waals surface area contributed by atoms with Crippen LogP contribution in [0.15, 0.2) is 30.3 Å². The number of nitrogens with zero attached hydrogens (tertiary/aromatic N) is 5. The van der Waals surface area contributed by atoms with E-state index in [1.165, 1.54) is 0 Å². The number of piperidine rings is 1. The second kappa shape index (κ2) is 4.51. The quantitative estimate of drug-likeness (QED) is 0.803. The summed E-state index contributed by atoms with van der Waals surface area (Å²) in [5.41, 5.74) is 0.635. The van der Waals surface area contributed by atoms with Gasteiger partial charge in [0.05, 0.1) is 18.9 Å². The van der Waals surface area contributed by atoms with E-state index < -0.39 is 0 Å². The lowest BCUT2D eigenvalue weighted by molar-refractivity contribution is 0.109. The molecule has 0 amide bonds. The van der Waals surface area contributed by atoms with Crippen molar-refractivity contribution >= 4 is 5.95 Å². The zero-order chi connectivity index (χ0) is 14.4. The van der Waals surface area contributed by atoms with Crippen molar-refractivity contribution < 1.29 is 10.2 Å². The van der Waals surface area contributed by atoms with Crippen molar-refractivity contribution in [2.24, 2.45) is 17.3 Å². The Hall–Kier alpha value is -1.99. The van der Waals surface area contributed by atoms with Crippen molar-refractivity contribution in [3.8, 4) is 5.69 Å². The highest BCUT2D eigenvalue weighted by Gasteiger charge is 2.67. The summed E-state index contributed by atoms with van der Waals surface area (Å²) in [7, 11) is 0.